The average Bonchev–Trinajstić information content (AvgIpc) is 2.61. The highest BCUT2D eigenvalue weighted by Gasteiger charge is 2.19. The second kappa shape index (κ2) is 5.98. The van der Waals surface area contributed by atoms with Gasteiger partial charge in [-0.25, -0.2) is 4.98 Å². The van der Waals surface area contributed by atoms with Gasteiger partial charge in [-0.15, -0.1) is 0 Å². The van der Waals surface area contributed by atoms with Gasteiger partial charge in [0.05, 0.1) is 17.9 Å². The minimum absolute atomic E-state index is 0.0102. The lowest BCUT2D eigenvalue weighted by Gasteiger charge is -2.15. The molecule has 0 spiro atoms. The number of carbonyl (C=O) groups excluding carboxylic acids is 1. The van der Waals surface area contributed by atoms with E-state index in [-0.39, 0.29) is 11.9 Å². The van der Waals surface area contributed by atoms with Gasteiger partial charge in [-0.05, 0) is 31.5 Å². The normalized spacial score (nSPS) is 20.6. The summed E-state index contributed by atoms with van der Waals surface area (Å²) in [5, 5.41) is 6.52. The molecule has 1 amide bonds. The van der Waals surface area contributed by atoms with Gasteiger partial charge in [0, 0.05) is 0 Å². The minimum atomic E-state index is -0.0896. The Morgan fingerprint density at radius 2 is 2.29 bits per heavy atom. The largest absolute Gasteiger partial charge is 0.323 e. The first-order chi connectivity index (χ1) is 8.25. The molecule has 5 heteroatoms. The predicted molar refractivity (Wildman–Crippen MR) is 68.1 cm³/mol. The molecular formula is C12H16ClN3O. The van der Waals surface area contributed by atoms with Gasteiger partial charge < -0.3 is 10.6 Å². The Bertz CT molecular complexity index is 372. The molecule has 0 aliphatic carbocycles. The first-order valence-electron chi connectivity index (χ1n) is 5.91. The highest BCUT2D eigenvalue weighted by molar-refractivity contribution is 6.29. The Kier molecular flexibility index (Phi) is 4.34. The van der Waals surface area contributed by atoms with Crippen LogP contribution >= 0.6 is 11.6 Å². The number of pyridine rings is 1. The monoisotopic (exact) mass is 253 g/mol. The second-order valence-electron chi connectivity index (χ2n) is 4.21. The summed E-state index contributed by atoms with van der Waals surface area (Å²) in [6.07, 6.45) is 5.90. The molecule has 0 aromatic carbocycles. The number of nitrogens with zero attached hydrogens (tertiary/aromatic N) is 1. The molecule has 0 radical (unpaired) electrons. The highest BCUT2D eigenvalue weighted by atomic mass is 35.5. The van der Waals surface area contributed by atoms with Crippen LogP contribution in [0.15, 0.2) is 18.3 Å². The Hall–Kier alpha value is -1.13. The number of hydrogen-bond donors (Lipinski definition) is 2. The van der Waals surface area contributed by atoms with Crippen LogP contribution in [0.4, 0.5) is 5.69 Å². The molecule has 92 valence electrons. The van der Waals surface area contributed by atoms with Crippen LogP contribution < -0.4 is 10.6 Å². The zero-order chi connectivity index (χ0) is 12.1. The minimum Gasteiger partial charge on any atom is -0.323 e. The van der Waals surface area contributed by atoms with Crippen LogP contribution in [0, 0.1) is 0 Å². The molecule has 2 N–H and O–H groups in total. The maximum atomic E-state index is 12.0. The Morgan fingerprint density at radius 1 is 1.41 bits per heavy atom. The van der Waals surface area contributed by atoms with Gasteiger partial charge in [0.1, 0.15) is 5.15 Å². The topological polar surface area (TPSA) is 54.0 Å². The summed E-state index contributed by atoms with van der Waals surface area (Å²) in [4.78, 5) is 15.9. The maximum Gasteiger partial charge on any atom is 0.241 e. The fourth-order valence-electron chi connectivity index (χ4n) is 1.93. The fourth-order valence-corrected chi connectivity index (χ4v) is 2.04. The third-order valence-electron chi connectivity index (χ3n) is 2.87. The molecule has 0 bridgehead atoms. The van der Waals surface area contributed by atoms with E-state index in [1.54, 1.807) is 18.3 Å². The predicted octanol–water partition coefficient (Wildman–Crippen LogP) is 2.21. The molecule has 1 aliphatic rings. The van der Waals surface area contributed by atoms with E-state index in [1.165, 1.54) is 6.42 Å². The molecule has 2 heterocycles. The lowest BCUT2D eigenvalue weighted by Crippen LogP contribution is -2.39. The van der Waals surface area contributed by atoms with Crippen molar-refractivity contribution in [1.82, 2.24) is 10.3 Å². The number of nitrogens with one attached hydrogen (secondary N) is 2. The standard InChI is InChI=1S/C12H16ClN3O/c13-11-6-5-9(8-15-11)16-12(17)10-4-2-1-3-7-14-10/h5-6,8,10,14H,1-4,7H2,(H,16,17). The van der Waals surface area contributed by atoms with Crippen molar-refractivity contribution in [2.75, 3.05) is 11.9 Å². The van der Waals surface area contributed by atoms with Crippen LogP contribution in [0.2, 0.25) is 5.15 Å². The first kappa shape index (κ1) is 12.3. The molecule has 17 heavy (non-hydrogen) atoms. The number of anilines is 1. The van der Waals surface area contributed by atoms with Crippen molar-refractivity contribution in [2.24, 2.45) is 0 Å². The smallest absolute Gasteiger partial charge is 0.241 e. The lowest BCUT2D eigenvalue weighted by atomic mass is 10.1. The average molecular weight is 254 g/mol. The molecule has 1 saturated heterocycles. The van der Waals surface area contributed by atoms with Crippen molar-refractivity contribution in [2.45, 2.75) is 31.7 Å². The van der Waals surface area contributed by atoms with E-state index in [2.05, 4.69) is 15.6 Å². The molecule has 1 aliphatic heterocycles. The number of halogens is 1. The van der Waals surface area contributed by atoms with Crippen molar-refractivity contribution in [3.8, 4) is 0 Å². The summed E-state index contributed by atoms with van der Waals surface area (Å²) in [7, 11) is 0. The molecule has 1 atom stereocenters. The van der Waals surface area contributed by atoms with E-state index in [9.17, 15) is 4.79 Å². The van der Waals surface area contributed by atoms with Crippen molar-refractivity contribution in [3.63, 3.8) is 0 Å². The summed E-state index contributed by atoms with van der Waals surface area (Å²) in [6, 6.07) is 3.33. The van der Waals surface area contributed by atoms with Crippen LogP contribution in [0.25, 0.3) is 0 Å². The van der Waals surface area contributed by atoms with Gasteiger partial charge in [-0.3, -0.25) is 4.79 Å². The van der Waals surface area contributed by atoms with E-state index in [0.717, 1.165) is 25.8 Å². The molecule has 1 fully saturated rings. The molecule has 0 saturated carbocycles. The van der Waals surface area contributed by atoms with Gasteiger partial charge in [-0.1, -0.05) is 24.4 Å². The van der Waals surface area contributed by atoms with E-state index < -0.39 is 0 Å². The van der Waals surface area contributed by atoms with Crippen LogP contribution in [-0.2, 0) is 4.79 Å². The zero-order valence-corrected chi connectivity index (χ0v) is 10.3. The summed E-state index contributed by atoms with van der Waals surface area (Å²) >= 11 is 5.68. The van der Waals surface area contributed by atoms with E-state index in [4.69, 9.17) is 11.6 Å². The summed E-state index contributed by atoms with van der Waals surface area (Å²) in [5.74, 6) is 0.0102. The van der Waals surface area contributed by atoms with Crippen molar-refractivity contribution >= 4 is 23.2 Å². The number of aromatic nitrogens is 1. The number of carbonyl (C=O) groups is 1. The number of amides is 1. The van der Waals surface area contributed by atoms with Crippen LogP contribution in [0.1, 0.15) is 25.7 Å². The Balaban J connectivity index is 1.93. The summed E-state index contributed by atoms with van der Waals surface area (Å²) < 4.78 is 0. The molecule has 4 nitrogen and oxygen atoms in total. The zero-order valence-electron chi connectivity index (χ0n) is 9.58. The van der Waals surface area contributed by atoms with Crippen molar-refractivity contribution < 1.29 is 4.79 Å². The molecule has 1 aromatic heterocycles. The van der Waals surface area contributed by atoms with Gasteiger partial charge >= 0.3 is 0 Å². The lowest BCUT2D eigenvalue weighted by molar-refractivity contribution is -0.118. The van der Waals surface area contributed by atoms with Gasteiger partial charge in [-0.2, -0.15) is 0 Å². The number of hydrogen-bond acceptors (Lipinski definition) is 3. The fraction of sp³-hybridized carbons (Fsp3) is 0.500. The molecule has 2 rings (SSSR count). The second-order valence-corrected chi connectivity index (χ2v) is 4.60. The third-order valence-corrected chi connectivity index (χ3v) is 3.10. The summed E-state index contributed by atoms with van der Waals surface area (Å²) in [5.41, 5.74) is 0.686. The SMILES string of the molecule is O=C(Nc1ccc(Cl)nc1)C1CCCCCN1. The Labute approximate surface area is 106 Å². The first-order valence-corrected chi connectivity index (χ1v) is 6.29. The Morgan fingerprint density at radius 3 is 3.06 bits per heavy atom. The van der Waals surface area contributed by atoms with E-state index >= 15 is 0 Å². The van der Waals surface area contributed by atoms with Crippen LogP contribution in [-0.4, -0.2) is 23.5 Å². The van der Waals surface area contributed by atoms with Crippen LogP contribution in [0.5, 0.6) is 0 Å². The van der Waals surface area contributed by atoms with Gasteiger partial charge in [0.15, 0.2) is 0 Å². The van der Waals surface area contributed by atoms with Crippen LogP contribution in [0.3, 0.4) is 0 Å². The third kappa shape index (κ3) is 3.68. The summed E-state index contributed by atoms with van der Waals surface area (Å²) in [6.45, 7) is 0.914. The van der Waals surface area contributed by atoms with Crippen molar-refractivity contribution in [1.29, 1.82) is 0 Å². The van der Waals surface area contributed by atoms with E-state index in [1.807, 2.05) is 0 Å². The quantitative estimate of drug-likeness (QED) is 0.795. The maximum absolute atomic E-state index is 12.0. The van der Waals surface area contributed by atoms with Crippen molar-refractivity contribution in [3.05, 3.63) is 23.5 Å². The van der Waals surface area contributed by atoms with Gasteiger partial charge in [0.2, 0.25) is 5.91 Å². The highest BCUT2D eigenvalue weighted by Crippen LogP contribution is 2.13. The molecular weight excluding hydrogens is 238 g/mol. The molecule has 1 unspecified atom stereocenters. The van der Waals surface area contributed by atoms with E-state index in [0.29, 0.717) is 10.8 Å². The van der Waals surface area contributed by atoms with Gasteiger partial charge in [0.25, 0.3) is 0 Å². The number of rotatable bonds is 2. The molecule has 1 aromatic rings.